The van der Waals surface area contributed by atoms with Crippen LogP contribution in [-0.4, -0.2) is 35.1 Å². The van der Waals surface area contributed by atoms with Gasteiger partial charge in [0.15, 0.2) is 0 Å². The van der Waals surface area contributed by atoms with Crippen LogP contribution in [0.5, 0.6) is 5.75 Å². The van der Waals surface area contributed by atoms with Gasteiger partial charge in [-0.1, -0.05) is 18.2 Å². The van der Waals surface area contributed by atoms with Crippen LogP contribution in [0.2, 0.25) is 0 Å². The molecule has 3 heterocycles. The van der Waals surface area contributed by atoms with Crippen LogP contribution < -0.4 is 4.74 Å². The number of likely N-dealkylation sites (tertiary alicyclic amines) is 1. The van der Waals surface area contributed by atoms with E-state index >= 15 is 0 Å². The number of fused-ring (bicyclic) bond motifs is 4. The summed E-state index contributed by atoms with van der Waals surface area (Å²) in [4.78, 5) is 16.9. The third-order valence-electron chi connectivity index (χ3n) is 8.31. The van der Waals surface area contributed by atoms with Crippen molar-refractivity contribution in [2.75, 3.05) is 13.7 Å². The molecule has 2 aliphatic carbocycles. The third-order valence-corrected chi connectivity index (χ3v) is 9.57. The zero-order chi connectivity index (χ0) is 23.0. The SMILES string of the molecule is COc1cc(C(=O)N2CC3CCC2C3)cc2sc(-c3cc4ccccc4n3CC3CC3)c(C)c12. The number of thiophene rings is 1. The summed E-state index contributed by atoms with van der Waals surface area (Å²) < 4.78 is 9.53. The average molecular weight is 471 g/mol. The number of aryl methyl sites for hydroxylation is 1. The number of benzene rings is 2. The molecule has 2 atom stereocenters. The molecule has 0 spiro atoms. The second kappa shape index (κ2) is 7.61. The number of hydrogen-bond acceptors (Lipinski definition) is 3. The number of rotatable bonds is 5. The van der Waals surface area contributed by atoms with E-state index in [4.69, 9.17) is 4.74 Å². The van der Waals surface area contributed by atoms with Crippen LogP contribution in [-0.2, 0) is 6.54 Å². The molecule has 1 amide bonds. The monoisotopic (exact) mass is 470 g/mol. The largest absolute Gasteiger partial charge is 0.496 e. The number of hydrogen-bond donors (Lipinski definition) is 0. The molecule has 5 heteroatoms. The zero-order valence-corrected chi connectivity index (χ0v) is 20.7. The van der Waals surface area contributed by atoms with Gasteiger partial charge in [-0.2, -0.15) is 0 Å². The molecule has 3 fully saturated rings. The van der Waals surface area contributed by atoms with Gasteiger partial charge in [-0.3, -0.25) is 4.79 Å². The first kappa shape index (κ1) is 20.6. The van der Waals surface area contributed by atoms with Crippen molar-refractivity contribution in [2.24, 2.45) is 11.8 Å². The highest BCUT2D eigenvalue weighted by Gasteiger charge is 2.40. The standard InChI is InChI=1S/C29H30N2O2S/c1-17-27-25(33-2)13-21(29(32)30-16-19-9-10-22(30)11-19)14-26(27)34-28(17)24-12-20-5-3-4-6-23(20)31(24)15-18-7-8-18/h3-6,12-14,18-19,22H,7-11,15-16H2,1-2H3. The summed E-state index contributed by atoms with van der Waals surface area (Å²) in [7, 11) is 1.72. The van der Waals surface area contributed by atoms with E-state index in [1.807, 2.05) is 6.07 Å². The van der Waals surface area contributed by atoms with Gasteiger partial charge in [0.2, 0.25) is 0 Å². The van der Waals surface area contributed by atoms with Crippen molar-refractivity contribution in [1.29, 1.82) is 0 Å². The normalized spacial score (nSPS) is 21.8. The molecular weight excluding hydrogens is 440 g/mol. The average Bonchev–Trinajstić information content (AvgIpc) is 3.17. The molecule has 2 aromatic carbocycles. The molecule has 3 aliphatic rings. The first-order valence-electron chi connectivity index (χ1n) is 12.6. The fraction of sp³-hybridized carbons (Fsp3) is 0.414. The highest BCUT2D eigenvalue weighted by Crippen LogP contribution is 2.46. The van der Waals surface area contributed by atoms with Crippen LogP contribution in [0.25, 0.3) is 31.6 Å². The molecular formula is C29H30N2O2S. The van der Waals surface area contributed by atoms with Gasteiger partial charge in [-0.25, -0.2) is 0 Å². The number of aromatic nitrogens is 1. The molecule has 2 saturated carbocycles. The van der Waals surface area contributed by atoms with Gasteiger partial charge < -0.3 is 14.2 Å². The quantitative estimate of drug-likeness (QED) is 0.319. The predicted molar refractivity (Wildman–Crippen MR) is 139 cm³/mol. The smallest absolute Gasteiger partial charge is 0.254 e. The summed E-state index contributed by atoms with van der Waals surface area (Å²) in [6, 6.07) is 15.6. The van der Waals surface area contributed by atoms with E-state index in [0.717, 1.165) is 46.8 Å². The van der Waals surface area contributed by atoms with Crippen LogP contribution in [0.3, 0.4) is 0 Å². The molecule has 34 heavy (non-hydrogen) atoms. The number of amides is 1. The molecule has 0 radical (unpaired) electrons. The highest BCUT2D eigenvalue weighted by atomic mass is 32.1. The van der Waals surface area contributed by atoms with Crippen molar-refractivity contribution in [3.63, 3.8) is 0 Å². The lowest BCUT2D eigenvalue weighted by molar-refractivity contribution is 0.0703. The minimum atomic E-state index is 0.169. The van der Waals surface area contributed by atoms with Gasteiger partial charge in [0, 0.05) is 45.7 Å². The fourth-order valence-corrected chi connectivity index (χ4v) is 7.65. The Bertz CT molecular complexity index is 1440. The molecule has 2 bridgehead atoms. The Hall–Kier alpha value is -2.79. The maximum absolute atomic E-state index is 13.5. The van der Waals surface area contributed by atoms with Gasteiger partial charge >= 0.3 is 0 Å². The zero-order valence-electron chi connectivity index (χ0n) is 19.8. The van der Waals surface area contributed by atoms with E-state index < -0.39 is 0 Å². The summed E-state index contributed by atoms with van der Waals surface area (Å²) in [5.74, 6) is 2.47. The Labute approximate surface area is 204 Å². The number of ether oxygens (including phenoxy) is 1. The van der Waals surface area contributed by atoms with Crippen molar-refractivity contribution in [2.45, 2.75) is 51.6 Å². The molecule has 1 aliphatic heterocycles. The van der Waals surface area contributed by atoms with Crippen molar-refractivity contribution < 1.29 is 9.53 Å². The number of methoxy groups -OCH3 is 1. The molecule has 2 unspecified atom stereocenters. The second-order valence-corrected chi connectivity index (χ2v) is 11.6. The summed E-state index contributed by atoms with van der Waals surface area (Å²) in [6.07, 6.45) is 6.27. The number of para-hydroxylation sites is 1. The Morgan fingerprint density at radius 3 is 2.71 bits per heavy atom. The van der Waals surface area contributed by atoms with Crippen LogP contribution in [0.1, 0.15) is 48.0 Å². The number of carbonyl (C=O) groups excluding carboxylic acids is 1. The first-order chi connectivity index (χ1) is 16.6. The molecule has 0 N–H and O–H groups in total. The molecule has 174 valence electrons. The lowest BCUT2D eigenvalue weighted by Gasteiger charge is -2.27. The molecule has 1 saturated heterocycles. The maximum atomic E-state index is 13.5. The predicted octanol–water partition coefficient (Wildman–Crippen LogP) is 6.87. The second-order valence-electron chi connectivity index (χ2n) is 10.5. The van der Waals surface area contributed by atoms with Gasteiger partial charge in [0.1, 0.15) is 5.75 Å². The lowest BCUT2D eigenvalue weighted by Crippen LogP contribution is -2.37. The number of nitrogens with zero attached hydrogens (tertiary/aromatic N) is 2. The molecule has 7 rings (SSSR count). The topological polar surface area (TPSA) is 34.5 Å². The van der Waals surface area contributed by atoms with Gasteiger partial charge in [-0.15, -0.1) is 11.3 Å². The van der Waals surface area contributed by atoms with E-state index in [9.17, 15) is 4.79 Å². The van der Waals surface area contributed by atoms with Crippen LogP contribution >= 0.6 is 11.3 Å². The summed E-state index contributed by atoms with van der Waals surface area (Å²) in [6.45, 7) is 4.20. The van der Waals surface area contributed by atoms with E-state index in [0.29, 0.717) is 12.0 Å². The maximum Gasteiger partial charge on any atom is 0.254 e. The first-order valence-corrected chi connectivity index (χ1v) is 13.4. The van der Waals surface area contributed by atoms with Gasteiger partial charge in [0.25, 0.3) is 5.91 Å². The van der Waals surface area contributed by atoms with E-state index in [-0.39, 0.29) is 5.91 Å². The summed E-state index contributed by atoms with van der Waals surface area (Å²) in [5.41, 5.74) is 4.62. The third kappa shape index (κ3) is 3.13. The van der Waals surface area contributed by atoms with Crippen molar-refractivity contribution in [3.8, 4) is 16.3 Å². The van der Waals surface area contributed by atoms with E-state index in [1.54, 1.807) is 18.4 Å². The number of piperidine rings is 1. The Morgan fingerprint density at radius 2 is 1.97 bits per heavy atom. The van der Waals surface area contributed by atoms with Crippen molar-refractivity contribution in [1.82, 2.24) is 9.47 Å². The Morgan fingerprint density at radius 1 is 1.12 bits per heavy atom. The van der Waals surface area contributed by atoms with Gasteiger partial charge in [0.05, 0.1) is 17.7 Å². The fourth-order valence-electron chi connectivity index (χ4n) is 6.36. The van der Waals surface area contributed by atoms with Crippen LogP contribution in [0.4, 0.5) is 0 Å². The van der Waals surface area contributed by atoms with Crippen molar-refractivity contribution in [3.05, 3.63) is 53.6 Å². The van der Waals surface area contributed by atoms with E-state index in [2.05, 4.69) is 52.8 Å². The van der Waals surface area contributed by atoms with Crippen molar-refractivity contribution >= 4 is 38.2 Å². The number of carbonyl (C=O) groups is 1. The molecule has 4 aromatic rings. The molecule has 4 nitrogen and oxygen atoms in total. The summed E-state index contributed by atoms with van der Waals surface area (Å²) in [5, 5.41) is 2.44. The van der Waals surface area contributed by atoms with Crippen LogP contribution in [0.15, 0.2) is 42.5 Å². The summed E-state index contributed by atoms with van der Waals surface area (Å²) >= 11 is 1.80. The van der Waals surface area contributed by atoms with Gasteiger partial charge in [-0.05, 0) is 80.7 Å². The molecule has 2 aromatic heterocycles. The minimum Gasteiger partial charge on any atom is -0.496 e. The Kier molecular flexibility index (Phi) is 4.60. The van der Waals surface area contributed by atoms with Crippen LogP contribution in [0, 0.1) is 18.8 Å². The highest BCUT2D eigenvalue weighted by molar-refractivity contribution is 7.22. The minimum absolute atomic E-state index is 0.169. The lowest BCUT2D eigenvalue weighted by atomic mass is 10.0. The Balaban J connectivity index is 1.36. The van der Waals surface area contributed by atoms with E-state index in [1.165, 1.54) is 52.7 Å².